The lowest BCUT2D eigenvalue weighted by Crippen LogP contribution is -2.29. The van der Waals surface area contributed by atoms with Crippen molar-refractivity contribution in [3.05, 3.63) is 65.7 Å². The maximum atomic E-state index is 11.8. The number of nitrogens with zero attached hydrogens (tertiary/aromatic N) is 1. The predicted molar refractivity (Wildman–Crippen MR) is 103 cm³/mol. The minimum atomic E-state index is -4.75. The van der Waals surface area contributed by atoms with Gasteiger partial charge in [0.1, 0.15) is 9.79 Å². The number of benzene rings is 2. The summed E-state index contributed by atoms with van der Waals surface area (Å²) in [6.45, 7) is 0. The van der Waals surface area contributed by atoms with Gasteiger partial charge < -0.3 is 0 Å². The third-order valence-electron chi connectivity index (χ3n) is 3.98. The summed E-state index contributed by atoms with van der Waals surface area (Å²) in [5.74, 6) is -1.33. The minimum Gasteiger partial charge on any atom is -0.282 e. The van der Waals surface area contributed by atoms with Crippen LogP contribution in [0.3, 0.4) is 0 Å². The summed E-state index contributed by atoms with van der Waals surface area (Å²) < 4.78 is 65.3. The Morgan fingerprint density at radius 2 is 1.24 bits per heavy atom. The van der Waals surface area contributed by atoms with Gasteiger partial charge in [-0.25, -0.2) is 4.90 Å². The van der Waals surface area contributed by atoms with Crippen LogP contribution in [0.25, 0.3) is 12.2 Å². The average molecular weight is 435 g/mol. The monoisotopic (exact) mass is 435 g/mol. The van der Waals surface area contributed by atoms with Crippen LogP contribution in [0.15, 0.2) is 64.4 Å². The standard InChI is InChI=1S/C18H13NO8S2/c20-17-9-10-18(21)19(17)14-8-7-13(16(11-14)29(25,26)27)6-5-12-3-1-2-4-15(12)28(22,23)24/h1-11H,(H,22,23,24)(H,25,26,27). The van der Waals surface area contributed by atoms with E-state index in [9.17, 15) is 35.5 Å². The molecule has 0 aliphatic carbocycles. The van der Waals surface area contributed by atoms with E-state index in [0.717, 1.165) is 23.1 Å². The van der Waals surface area contributed by atoms with Crippen molar-refractivity contribution in [3.8, 4) is 0 Å². The van der Waals surface area contributed by atoms with Crippen molar-refractivity contribution in [2.45, 2.75) is 9.79 Å². The molecule has 0 aromatic heterocycles. The van der Waals surface area contributed by atoms with Gasteiger partial charge in [-0.1, -0.05) is 36.4 Å². The summed E-state index contributed by atoms with van der Waals surface area (Å²) >= 11 is 0. The fourth-order valence-electron chi connectivity index (χ4n) is 2.71. The van der Waals surface area contributed by atoms with Crippen LogP contribution in [0.5, 0.6) is 0 Å². The highest BCUT2D eigenvalue weighted by atomic mass is 32.2. The molecular formula is C18H13NO8S2. The number of imide groups is 1. The number of rotatable bonds is 5. The number of hydrogen-bond donors (Lipinski definition) is 2. The molecule has 3 rings (SSSR count). The van der Waals surface area contributed by atoms with E-state index >= 15 is 0 Å². The molecule has 0 radical (unpaired) electrons. The molecule has 9 nitrogen and oxygen atoms in total. The second-order valence-corrected chi connectivity index (χ2v) is 8.67. The number of amides is 2. The van der Waals surface area contributed by atoms with Crippen LogP contribution in [-0.4, -0.2) is 37.8 Å². The van der Waals surface area contributed by atoms with Crippen molar-refractivity contribution in [2.24, 2.45) is 0 Å². The highest BCUT2D eigenvalue weighted by Crippen LogP contribution is 2.27. The first-order valence-electron chi connectivity index (χ1n) is 7.91. The normalized spacial score (nSPS) is 14.9. The van der Waals surface area contributed by atoms with Crippen molar-refractivity contribution < 1.29 is 35.5 Å². The smallest absolute Gasteiger partial charge is 0.282 e. The molecule has 1 heterocycles. The number of carbonyl (C=O) groups is 2. The molecule has 2 aromatic carbocycles. The molecule has 0 atom stereocenters. The molecule has 150 valence electrons. The lowest BCUT2D eigenvalue weighted by molar-refractivity contribution is -0.120. The third kappa shape index (κ3) is 4.32. The first-order valence-corrected chi connectivity index (χ1v) is 10.8. The largest absolute Gasteiger partial charge is 0.295 e. The lowest BCUT2D eigenvalue weighted by Gasteiger charge is -2.15. The van der Waals surface area contributed by atoms with E-state index in [2.05, 4.69) is 0 Å². The van der Waals surface area contributed by atoms with Gasteiger partial charge in [-0.15, -0.1) is 0 Å². The molecular weight excluding hydrogens is 422 g/mol. The summed E-state index contributed by atoms with van der Waals surface area (Å²) in [6.07, 6.45) is 4.49. The zero-order chi connectivity index (χ0) is 21.4. The van der Waals surface area contributed by atoms with Crippen LogP contribution in [0.2, 0.25) is 0 Å². The summed E-state index contributed by atoms with van der Waals surface area (Å²) in [4.78, 5) is 23.3. The van der Waals surface area contributed by atoms with Gasteiger partial charge in [0, 0.05) is 12.2 Å². The molecule has 0 saturated carbocycles. The first-order chi connectivity index (χ1) is 13.5. The van der Waals surface area contributed by atoms with Crippen molar-refractivity contribution >= 4 is 49.9 Å². The minimum absolute atomic E-state index is 0.0338. The highest BCUT2D eigenvalue weighted by Gasteiger charge is 2.27. The maximum Gasteiger partial charge on any atom is 0.295 e. The van der Waals surface area contributed by atoms with Crippen molar-refractivity contribution in [1.29, 1.82) is 0 Å². The Balaban J connectivity index is 2.09. The number of anilines is 1. The topological polar surface area (TPSA) is 146 Å². The molecule has 0 saturated heterocycles. The molecule has 1 aliphatic heterocycles. The molecule has 0 spiro atoms. The summed E-state index contributed by atoms with van der Waals surface area (Å²) in [7, 11) is -9.27. The molecule has 2 N–H and O–H groups in total. The van der Waals surface area contributed by atoms with Crippen LogP contribution in [0, 0.1) is 0 Å². The van der Waals surface area contributed by atoms with Gasteiger partial charge in [-0.05, 0) is 29.3 Å². The summed E-state index contributed by atoms with van der Waals surface area (Å²) in [6, 6.07) is 8.95. The van der Waals surface area contributed by atoms with E-state index in [1.54, 1.807) is 0 Å². The fraction of sp³-hybridized carbons (Fsp3) is 0. The van der Waals surface area contributed by atoms with E-state index < -0.39 is 36.9 Å². The van der Waals surface area contributed by atoms with Crippen LogP contribution in [0.4, 0.5) is 5.69 Å². The van der Waals surface area contributed by atoms with Gasteiger partial charge in [-0.2, -0.15) is 16.8 Å². The Kier molecular flexibility index (Phi) is 5.24. The molecule has 2 aromatic rings. The number of hydrogen-bond acceptors (Lipinski definition) is 6. The van der Waals surface area contributed by atoms with Gasteiger partial charge in [0.2, 0.25) is 0 Å². The van der Waals surface area contributed by atoms with Gasteiger partial charge >= 0.3 is 0 Å². The van der Waals surface area contributed by atoms with E-state index in [4.69, 9.17) is 0 Å². The molecule has 0 bridgehead atoms. The molecule has 2 amide bonds. The van der Waals surface area contributed by atoms with Crippen molar-refractivity contribution in [1.82, 2.24) is 0 Å². The Labute approximate surface area is 166 Å². The van der Waals surface area contributed by atoms with Gasteiger partial charge in [0.05, 0.1) is 5.69 Å². The molecule has 29 heavy (non-hydrogen) atoms. The van der Waals surface area contributed by atoms with Crippen LogP contribution in [0.1, 0.15) is 11.1 Å². The molecule has 0 fully saturated rings. The van der Waals surface area contributed by atoms with E-state index in [1.165, 1.54) is 48.6 Å². The quantitative estimate of drug-likeness (QED) is 0.410. The Bertz CT molecular complexity index is 1270. The first kappa shape index (κ1) is 20.6. The molecule has 1 aliphatic rings. The SMILES string of the molecule is O=C1C=CC(=O)N1c1ccc(C=Cc2ccccc2S(=O)(=O)O)c(S(=O)(=O)O)c1. The second kappa shape index (κ2) is 7.37. The van der Waals surface area contributed by atoms with Crippen molar-refractivity contribution in [3.63, 3.8) is 0 Å². The summed E-state index contributed by atoms with van der Waals surface area (Å²) in [5.41, 5.74) is -0.0176. The zero-order valence-electron chi connectivity index (χ0n) is 14.5. The Morgan fingerprint density at radius 1 is 0.724 bits per heavy atom. The predicted octanol–water partition coefficient (Wildman–Crippen LogP) is 1.78. The Hall–Kier alpha value is -3.12. The van der Waals surface area contributed by atoms with E-state index in [0.29, 0.717) is 0 Å². The van der Waals surface area contributed by atoms with Crippen molar-refractivity contribution in [2.75, 3.05) is 4.90 Å². The Morgan fingerprint density at radius 3 is 1.79 bits per heavy atom. The lowest BCUT2D eigenvalue weighted by atomic mass is 10.1. The second-order valence-electron chi connectivity index (χ2n) is 5.89. The van der Waals surface area contributed by atoms with E-state index in [-0.39, 0.29) is 21.7 Å². The zero-order valence-corrected chi connectivity index (χ0v) is 16.1. The maximum absolute atomic E-state index is 11.8. The molecule has 11 heteroatoms. The van der Waals surface area contributed by atoms with Crippen LogP contribution >= 0.6 is 0 Å². The fourth-order valence-corrected chi connectivity index (χ4v) is 4.10. The van der Waals surface area contributed by atoms with Gasteiger partial charge in [0.15, 0.2) is 0 Å². The number of carbonyl (C=O) groups excluding carboxylic acids is 2. The summed E-state index contributed by atoms with van der Waals surface area (Å²) in [5, 5.41) is 0. The van der Waals surface area contributed by atoms with E-state index in [1.807, 2.05) is 0 Å². The van der Waals surface area contributed by atoms with Crippen LogP contribution in [-0.2, 0) is 29.8 Å². The van der Waals surface area contributed by atoms with Crippen LogP contribution < -0.4 is 4.90 Å². The van der Waals surface area contributed by atoms with Gasteiger partial charge in [0.25, 0.3) is 32.1 Å². The molecule has 0 unspecified atom stereocenters. The highest BCUT2D eigenvalue weighted by molar-refractivity contribution is 7.86. The van der Waals surface area contributed by atoms with Gasteiger partial charge in [-0.3, -0.25) is 18.7 Å². The third-order valence-corrected chi connectivity index (χ3v) is 5.82. The average Bonchev–Trinajstić information content (AvgIpc) is 2.97.